The lowest BCUT2D eigenvalue weighted by Gasteiger charge is -2.42. The molecule has 10 heteroatoms. The van der Waals surface area contributed by atoms with Crippen LogP contribution in [0.25, 0.3) is 0 Å². The van der Waals surface area contributed by atoms with Crippen LogP contribution >= 0.6 is 12.6 Å². The lowest BCUT2D eigenvalue weighted by molar-refractivity contribution is 0.0164. The summed E-state index contributed by atoms with van der Waals surface area (Å²) in [6, 6.07) is 11.5. The SMILES string of the molecule is CN(C(=O)c1ccc2c(c1)C1CC(F)(F)CN1C(N)=N2)[C@@]1(S)COCc2cc(C#N)ccc21. The van der Waals surface area contributed by atoms with Gasteiger partial charge in [0.1, 0.15) is 4.87 Å². The van der Waals surface area contributed by atoms with Crippen LogP contribution in [0.2, 0.25) is 0 Å². The van der Waals surface area contributed by atoms with Gasteiger partial charge in [0.25, 0.3) is 11.8 Å². The molecule has 3 aliphatic heterocycles. The maximum atomic E-state index is 14.1. The largest absolute Gasteiger partial charge is 0.373 e. The van der Waals surface area contributed by atoms with Crippen molar-refractivity contribution in [1.82, 2.24) is 9.80 Å². The van der Waals surface area contributed by atoms with E-state index in [9.17, 15) is 18.8 Å². The number of carbonyl (C=O) groups is 1. The number of likely N-dealkylation sites (N-methyl/N-ethyl adjacent to an activating group) is 1. The number of ether oxygens (including phenoxy) is 1. The molecular weight excluding hydrogens is 448 g/mol. The Bertz CT molecular complexity index is 1240. The number of carbonyl (C=O) groups excluding carboxylic acids is 1. The van der Waals surface area contributed by atoms with Crippen molar-refractivity contribution in [2.75, 3.05) is 20.2 Å². The van der Waals surface area contributed by atoms with Crippen LogP contribution in [0.3, 0.4) is 0 Å². The van der Waals surface area contributed by atoms with Crippen molar-refractivity contribution in [3.8, 4) is 6.07 Å². The highest BCUT2D eigenvalue weighted by Crippen LogP contribution is 2.47. The summed E-state index contributed by atoms with van der Waals surface area (Å²) >= 11 is 4.82. The van der Waals surface area contributed by atoms with Crippen LogP contribution in [0.5, 0.6) is 0 Å². The highest BCUT2D eigenvalue weighted by molar-refractivity contribution is 7.81. The van der Waals surface area contributed by atoms with Gasteiger partial charge in [-0.15, -0.1) is 12.6 Å². The minimum atomic E-state index is -2.89. The summed E-state index contributed by atoms with van der Waals surface area (Å²) in [6.45, 7) is -0.0199. The lowest BCUT2D eigenvalue weighted by Crippen LogP contribution is -2.48. The molecule has 0 bridgehead atoms. The fraction of sp³-hybridized carbons (Fsp3) is 0.348. The second-order valence-electron chi connectivity index (χ2n) is 8.60. The lowest BCUT2D eigenvalue weighted by atomic mass is 9.94. The molecule has 0 aromatic heterocycles. The van der Waals surface area contributed by atoms with Crippen molar-refractivity contribution in [3.63, 3.8) is 0 Å². The fourth-order valence-corrected chi connectivity index (χ4v) is 5.17. The monoisotopic (exact) mass is 469 g/mol. The molecule has 1 amide bonds. The summed E-state index contributed by atoms with van der Waals surface area (Å²) in [5.41, 5.74) is 9.34. The van der Waals surface area contributed by atoms with Crippen molar-refractivity contribution < 1.29 is 18.3 Å². The Hall–Kier alpha value is -3.16. The molecule has 7 nitrogen and oxygen atoms in total. The maximum absolute atomic E-state index is 14.1. The predicted octanol–water partition coefficient (Wildman–Crippen LogP) is 3.29. The predicted molar refractivity (Wildman–Crippen MR) is 120 cm³/mol. The van der Waals surface area contributed by atoms with Gasteiger partial charge in [-0.1, -0.05) is 6.07 Å². The number of nitriles is 1. The van der Waals surface area contributed by atoms with Gasteiger partial charge in [0.15, 0.2) is 5.96 Å². The third-order valence-corrected chi connectivity index (χ3v) is 7.19. The molecule has 2 atom stereocenters. The first-order valence-electron chi connectivity index (χ1n) is 10.4. The Balaban J connectivity index is 1.50. The number of hydrogen-bond acceptors (Lipinski definition) is 7. The van der Waals surface area contributed by atoms with Gasteiger partial charge < -0.3 is 20.3 Å². The zero-order valence-electron chi connectivity index (χ0n) is 17.8. The number of amides is 1. The van der Waals surface area contributed by atoms with Crippen LogP contribution in [0, 0.1) is 11.3 Å². The number of thiol groups is 1. The molecule has 2 N–H and O–H groups in total. The van der Waals surface area contributed by atoms with E-state index in [4.69, 9.17) is 23.1 Å². The minimum Gasteiger partial charge on any atom is -0.373 e. The second-order valence-corrected chi connectivity index (χ2v) is 9.34. The molecule has 3 heterocycles. The quantitative estimate of drug-likeness (QED) is 0.520. The average molecular weight is 470 g/mol. The van der Waals surface area contributed by atoms with E-state index < -0.39 is 23.4 Å². The number of alkyl halides is 2. The van der Waals surface area contributed by atoms with E-state index in [1.807, 2.05) is 0 Å². The molecule has 0 spiro atoms. The molecule has 3 aliphatic rings. The molecule has 33 heavy (non-hydrogen) atoms. The average Bonchev–Trinajstić information content (AvgIpc) is 3.14. The van der Waals surface area contributed by atoms with Crippen molar-refractivity contribution in [3.05, 3.63) is 64.2 Å². The van der Waals surface area contributed by atoms with Gasteiger partial charge in [-0.05, 0) is 41.5 Å². The number of nitrogens with two attached hydrogens (primary N) is 1. The number of rotatable bonds is 2. The van der Waals surface area contributed by atoms with Crippen LogP contribution < -0.4 is 5.73 Å². The Labute approximate surface area is 194 Å². The number of aliphatic imine (C=N–C) groups is 1. The first kappa shape index (κ1) is 21.7. The van der Waals surface area contributed by atoms with Crippen LogP contribution in [0.4, 0.5) is 14.5 Å². The van der Waals surface area contributed by atoms with Gasteiger partial charge >= 0.3 is 0 Å². The third-order valence-electron chi connectivity index (χ3n) is 6.52. The summed E-state index contributed by atoms with van der Waals surface area (Å²) in [4.78, 5) is 19.5. The topological polar surface area (TPSA) is 95.0 Å². The Kier molecular flexibility index (Phi) is 4.88. The van der Waals surface area contributed by atoms with Crippen LogP contribution in [0.1, 0.15) is 45.1 Å². The number of halogens is 2. The number of fused-ring (bicyclic) bond motifs is 4. The zero-order valence-corrected chi connectivity index (χ0v) is 18.7. The number of guanidine groups is 1. The number of hydrogen-bond donors (Lipinski definition) is 2. The standard InChI is InChI=1S/C23H21F2N5O2S/c1-29(23(33)12-32-10-15-6-13(9-26)2-4-17(15)23)20(31)14-3-5-18-16(7-14)19-8-22(24,25)11-30(19)21(27)28-18/h2-7,19,33H,8,10-12H2,1H3,(H2,27,28)/t19?,23-/m1/s1. The van der Waals surface area contributed by atoms with Gasteiger partial charge in [-0.3, -0.25) is 4.79 Å². The summed E-state index contributed by atoms with van der Waals surface area (Å²) in [5, 5.41) is 9.18. The van der Waals surface area contributed by atoms with E-state index in [2.05, 4.69) is 11.1 Å². The molecule has 0 aliphatic carbocycles. The molecule has 1 saturated heterocycles. The summed E-state index contributed by atoms with van der Waals surface area (Å²) < 4.78 is 33.9. The second kappa shape index (κ2) is 7.43. The van der Waals surface area contributed by atoms with Crippen LogP contribution in [-0.4, -0.2) is 47.8 Å². The van der Waals surface area contributed by atoms with E-state index in [0.29, 0.717) is 29.0 Å². The summed E-state index contributed by atoms with van der Waals surface area (Å²) in [5.74, 6) is -3.17. The highest BCUT2D eigenvalue weighted by Gasteiger charge is 2.49. The molecule has 5 rings (SSSR count). The van der Waals surface area contributed by atoms with Gasteiger partial charge in [0.2, 0.25) is 0 Å². The normalized spacial score (nSPS) is 24.8. The number of nitrogens with zero attached hydrogens (tertiary/aromatic N) is 4. The first-order chi connectivity index (χ1) is 15.6. The Morgan fingerprint density at radius 1 is 1.36 bits per heavy atom. The van der Waals surface area contributed by atoms with Crippen molar-refractivity contribution in [2.24, 2.45) is 10.7 Å². The van der Waals surface area contributed by atoms with Gasteiger partial charge in [0, 0.05) is 24.6 Å². The molecule has 1 fully saturated rings. The molecular formula is C23H21F2N5O2S. The molecule has 2 aromatic carbocycles. The van der Waals surface area contributed by atoms with Crippen molar-refractivity contribution in [2.45, 2.75) is 29.9 Å². The molecule has 170 valence electrons. The van der Waals surface area contributed by atoms with E-state index >= 15 is 0 Å². The maximum Gasteiger partial charge on any atom is 0.267 e. The van der Waals surface area contributed by atoms with Crippen molar-refractivity contribution >= 4 is 30.2 Å². The van der Waals surface area contributed by atoms with E-state index in [1.54, 1.807) is 43.4 Å². The highest BCUT2D eigenvalue weighted by atomic mass is 32.1. The van der Waals surface area contributed by atoms with Crippen molar-refractivity contribution in [1.29, 1.82) is 5.26 Å². The smallest absolute Gasteiger partial charge is 0.267 e. The summed E-state index contributed by atoms with van der Waals surface area (Å²) in [6.07, 6.45) is -0.386. The van der Waals surface area contributed by atoms with Crippen LogP contribution in [-0.2, 0) is 16.2 Å². The molecule has 0 radical (unpaired) electrons. The molecule has 2 aromatic rings. The van der Waals surface area contributed by atoms with Gasteiger partial charge in [-0.2, -0.15) is 5.26 Å². The number of benzene rings is 2. The summed E-state index contributed by atoms with van der Waals surface area (Å²) in [7, 11) is 1.62. The molecule has 0 saturated carbocycles. The van der Waals surface area contributed by atoms with Gasteiger partial charge in [0.05, 0.1) is 43.1 Å². The Morgan fingerprint density at radius 2 is 2.15 bits per heavy atom. The van der Waals surface area contributed by atoms with Crippen LogP contribution in [0.15, 0.2) is 41.4 Å². The third kappa shape index (κ3) is 3.43. The molecule has 1 unspecified atom stereocenters. The minimum absolute atomic E-state index is 0.0582. The van der Waals surface area contributed by atoms with E-state index in [-0.39, 0.29) is 24.9 Å². The Morgan fingerprint density at radius 3 is 2.91 bits per heavy atom. The van der Waals surface area contributed by atoms with E-state index in [0.717, 1.165) is 11.1 Å². The van der Waals surface area contributed by atoms with E-state index in [1.165, 1.54) is 9.80 Å². The van der Waals surface area contributed by atoms with Gasteiger partial charge in [-0.25, -0.2) is 13.8 Å². The zero-order chi connectivity index (χ0) is 23.5. The fourth-order valence-electron chi connectivity index (χ4n) is 4.77. The first-order valence-corrected chi connectivity index (χ1v) is 10.8.